The van der Waals surface area contributed by atoms with Crippen molar-refractivity contribution in [3.63, 3.8) is 0 Å². The van der Waals surface area contributed by atoms with Crippen molar-refractivity contribution in [2.45, 2.75) is 39.7 Å². The van der Waals surface area contributed by atoms with Crippen molar-refractivity contribution in [3.05, 3.63) is 23.2 Å². The molecule has 2 N–H and O–H groups in total. The summed E-state index contributed by atoms with van der Waals surface area (Å²) in [5.74, 6) is 0.790. The van der Waals surface area contributed by atoms with Crippen molar-refractivity contribution in [2.24, 2.45) is 5.92 Å². The molecule has 1 aliphatic heterocycles. The molecule has 0 radical (unpaired) electrons. The fourth-order valence-electron chi connectivity index (χ4n) is 2.90. The van der Waals surface area contributed by atoms with Gasteiger partial charge in [-0.3, -0.25) is 4.79 Å². The van der Waals surface area contributed by atoms with Gasteiger partial charge in [0.1, 0.15) is 0 Å². The van der Waals surface area contributed by atoms with Crippen LogP contribution in [0, 0.1) is 5.92 Å². The normalized spacial score (nSPS) is 18.0. The fourth-order valence-corrected chi connectivity index (χ4v) is 3.07. The highest BCUT2D eigenvalue weighted by Crippen LogP contribution is 2.29. The molecule has 0 bridgehead atoms. The summed E-state index contributed by atoms with van der Waals surface area (Å²) in [5, 5.41) is 0.591. The van der Waals surface area contributed by atoms with Gasteiger partial charge < -0.3 is 15.5 Å². The lowest BCUT2D eigenvalue weighted by Crippen LogP contribution is -2.39. The van der Waals surface area contributed by atoms with Crippen LogP contribution in [0.1, 0.15) is 33.6 Å². The summed E-state index contributed by atoms with van der Waals surface area (Å²) in [6, 6.07) is 6.17. The summed E-state index contributed by atoms with van der Waals surface area (Å²) < 4.78 is 0. The topological polar surface area (TPSA) is 49.6 Å². The van der Waals surface area contributed by atoms with Crippen LogP contribution in [0.2, 0.25) is 5.02 Å². The van der Waals surface area contributed by atoms with Gasteiger partial charge in [-0.05, 0) is 37.0 Å². The van der Waals surface area contributed by atoms with E-state index in [9.17, 15) is 4.79 Å². The highest BCUT2D eigenvalue weighted by atomic mass is 35.5. The number of halogens is 1. The summed E-state index contributed by atoms with van der Waals surface area (Å²) in [7, 11) is 0. The third-order valence-electron chi connectivity index (χ3n) is 4.31. The van der Waals surface area contributed by atoms with E-state index in [2.05, 4.69) is 18.7 Å². The van der Waals surface area contributed by atoms with Crippen LogP contribution in [0.25, 0.3) is 0 Å². The minimum Gasteiger partial charge on any atom is -0.398 e. The van der Waals surface area contributed by atoms with E-state index >= 15 is 0 Å². The van der Waals surface area contributed by atoms with E-state index in [1.807, 2.05) is 23.1 Å². The number of nitrogens with zero attached hydrogens (tertiary/aromatic N) is 2. The van der Waals surface area contributed by atoms with Crippen molar-refractivity contribution in [2.75, 3.05) is 30.3 Å². The second kappa shape index (κ2) is 7.23. The van der Waals surface area contributed by atoms with Gasteiger partial charge in [-0.15, -0.1) is 0 Å². The molecule has 1 unspecified atom stereocenters. The Morgan fingerprint density at radius 2 is 2.23 bits per heavy atom. The molecular weight excluding hydrogens is 298 g/mol. The molecule has 1 atom stereocenters. The molecule has 1 aromatic rings. The first-order valence-corrected chi connectivity index (χ1v) is 8.33. The number of hydrogen-bond acceptors (Lipinski definition) is 3. The number of carbonyl (C=O) groups is 1. The van der Waals surface area contributed by atoms with E-state index < -0.39 is 0 Å². The number of carbonyl (C=O) groups excluding carboxylic acids is 1. The summed E-state index contributed by atoms with van der Waals surface area (Å²) in [6.45, 7) is 8.68. The quantitative estimate of drug-likeness (QED) is 0.845. The SMILES string of the molecule is CC(=O)N1CCC(N(CCC(C)C)c2ccc(N)c(Cl)c2)C1. The number of amides is 1. The molecule has 0 aliphatic carbocycles. The zero-order valence-electron chi connectivity index (χ0n) is 13.7. The Hall–Kier alpha value is -1.42. The third kappa shape index (κ3) is 4.07. The first-order valence-electron chi connectivity index (χ1n) is 7.95. The largest absolute Gasteiger partial charge is 0.398 e. The predicted octanol–water partition coefficient (Wildman–Crippen LogP) is 3.40. The minimum atomic E-state index is 0.154. The molecule has 1 saturated heterocycles. The molecule has 0 aromatic heterocycles. The maximum Gasteiger partial charge on any atom is 0.219 e. The molecule has 1 aliphatic rings. The van der Waals surface area contributed by atoms with E-state index in [1.54, 1.807) is 6.92 Å². The van der Waals surface area contributed by atoms with Crippen LogP contribution < -0.4 is 10.6 Å². The highest BCUT2D eigenvalue weighted by molar-refractivity contribution is 6.33. The molecular formula is C17H26ClN3O. The van der Waals surface area contributed by atoms with Gasteiger partial charge in [0.15, 0.2) is 0 Å². The molecule has 1 aromatic carbocycles. The molecule has 0 saturated carbocycles. The van der Waals surface area contributed by atoms with Crippen LogP contribution in [0.5, 0.6) is 0 Å². The Balaban J connectivity index is 2.19. The van der Waals surface area contributed by atoms with E-state index in [-0.39, 0.29) is 5.91 Å². The molecule has 22 heavy (non-hydrogen) atoms. The molecule has 1 heterocycles. The molecule has 1 fully saturated rings. The monoisotopic (exact) mass is 323 g/mol. The average molecular weight is 324 g/mol. The van der Waals surface area contributed by atoms with Crippen LogP contribution in [0.4, 0.5) is 11.4 Å². The van der Waals surface area contributed by atoms with E-state index in [0.29, 0.717) is 22.7 Å². The zero-order valence-corrected chi connectivity index (χ0v) is 14.4. The van der Waals surface area contributed by atoms with E-state index in [0.717, 1.165) is 38.2 Å². The lowest BCUT2D eigenvalue weighted by Gasteiger charge is -2.32. The first kappa shape index (κ1) is 16.9. The molecule has 4 nitrogen and oxygen atoms in total. The Kier molecular flexibility index (Phi) is 5.57. The lowest BCUT2D eigenvalue weighted by molar-refractivity contribution is -0.127. The van der Waals surface area contributed by atoms with Crippen molar-refractivity contribution in [1.29, 1.82) is 0 Å². The Bertz CT molecular complexity index is 533. The summed E-state index contributed by atoms with van der Waals surface area (Å²) in [6.07, 6.45) is 2.11. The second-order valence-electron chi connectivity index (χ2n) is 6.49. The van der Waals surface area contributed by atoms with Gasteiger partial charge in [0.25, 0.3) is 0 Å². The summed E-state index contributed by atoms with van der Waals surface area (Å²) in [4.78, 5) is 15.9. The Labute approximate surface area is 138 Å². The van der Waals surface area contributed by atoms with Crippen molar-refractivity contribution in [3.8, 4) is 0 Å². The fraction of sp³-hybridized carbons (Fsp3) is 0.588. The molecule has 2 rings (SSSR count). The summed E-state index contributed by atoms with van der Waals surface area (Å²) in [5.41, 5.74) is 7.52. The van der Waals surface area contributed by atoms with E-state index in [4.69, 9.17) is 17.3 Å². The first-order chi connectivity index (χ1) is 10.4. The smallest absolute Gasteiger partial charge is 0.219 e. The molecule has 122 valence electrons. The van der Waals surface area contributed by atoms with Crippen molar-refractivity contribution < 1.29 is 4.79 Å². The van der Waals surface area contributed by atoms with E-state index in [1.165, 1.54) is 0 Å². The Morgan fingerprint density at radius 3 is 2.77 bits per heavy atom. The predicted molar refractivity (Wildman–Crippen MR) is 93.3 cm³/mol. The Morgan fingerprint density at radius 1 is 1.50 bits per heavy atom. The van der Waals surface area contributed by atoms with Crippen LogP contribution >= 0.6 is 11.6 Å². The van der Waals surface area contributed by atoms with Gasteiger partial charge in [-0.25, -0.2) is 0 Å². The van der Waals surface area contributed by atoms with Crippen LogP contribution in [0.3, 0.4) is 0 Å². The maximum atomic E-state index is 11.6. The number of hydrogen-bond donors (Lipinski definition) is 1. The van der Waals surface area contributed by atoms with Gasteiger partial charge in [-0.2, -0.15) is 0 Å². The summed E-state index contributed by atoms with van der Waals surface area (Å²) >= 11 is 6.19. The number of benzene rings is 1. The number of likely N-dealkylation sites (tertiary alicyclic amines) is 1. The van der Waals surface area contributed by atoms with Gasteiger partial charge in [0, 0.05) is 38.3 Å². The number of anilines is 2. The molecule has 1 amide bonds. The van der Waals surface area contributed by atoms with Crippen LogP contribution in [-0.2, 0) is 4.79 Å². The number of rotatable bonds is 5. The minimum absolute atomic E-state index is 0.154. The van der Waals surface area contributed by atoms with Crippen LogP contribution in [-0.4, -0.2) is 36.5 Å². The standard InChI is InChI=1S/C17H26ClN3O/c1-12(2)6-9-21(14-4-5-17(19)16(18)10-14)15-7-8-20(11-15)13(3)22/h4-5,10,12,15H,6-9,11,19H2,1-3H3. The van der Waals surface area contributed by atoms with Crippen molar-refractivity contribution in [1.82, 2.24) is 4.90 Å². The second-order valence-corrected chi connectivity index (χ2v) is 6.90. The molecule has 5 heteroatoms. The number of nitrogens with two attached hydrogens (primary N) is 1. The average Bonchev–Trinajstić information content (AvgIpc) is 2.92. The van der Waals surface area contributed by atoms with Gasteiger partial charge in [-0.1, -0.05) is 25.4 Å². The van der Waals surface area contributed by atoms with Gasteiger partial charge in [0.2, 0.25) is 5.91 Å². The highest BCUT2D eigenvalue weighted by Gasteiger charge is 2.29. The van der Waals surface area contributed by atoms with Gasteiger partial charge >= 0.3 is 0 Å². The van der Waals surface area contributed by atoms with Crippen molar-refractivity contribution >= 4 is 28.9 Å². The van der Waals surface area contributed by atoms with Crippen LogP contribution in [0.15, 0.2) is 18.2 Å². The zero-order chi connectivity index (χ0) is 16.3. The number of nitrogen functional groups attached to an aromatic ring is 1. The maximum absolute atomic E-state index is 11.6. The third-order valence-corrected chi connectivity index (χ3v) is 4.64. The lowest BCUT2D eigenvalue weighted by atomic mass is 10.1. The van der Waals surface area contributed by atoms with Gasteiger partial charge in [0.05, 0.1) is 10.7 Å². The molecule has 0 spiro atoms.